The number of ether oxygens (including phenoxy) is 1. The lowest BCUT2D eigenvalue weighted by Crippen LogP contribution is -2.43. The summed E-state index contributed by atoms with van der Waals surface area (Å²) < 4.78 is 97.8. The van der Waals surface area contributed by atoms with E-state index in [1.165, 1.54) is 13.2 Å². The summed E-state index contributed by atoms with van der Waals surface area (Å²) in [6.45, 7) is -0.193. The number of benzene rings is 2. The van der Waals surface area contributed by atoms with Crippen molar-refractivity contribution in [3.8, 4) is 5.75 Å². The minimum Gasteiger partial charge on any atom is -0.495 e. The first kappa shape index (κ1) is 23.9. The van der Waals surface area contributed by atoms with Crippen molar-refractivity contribution in [3.05, 3.63) is 53.6 Å². The summed E-state index contributed by atoms with van der Waals surface area (Å²) in [7, 11) is -2.98. The van der Waals surface area contributed by atoms with Crippen molar-refractivity contribution in [3.63, 3.8) is 0 Å². The van der Waals surface area contributed by atoms with Gasteiger partial charge in [0.1, 0.15) is 22.3 Å². The van der Waals surface area contributed by atoms with Gasteiger partial charge in [-0.2, -0.15) is 17.5 Å². The summed E-state index contributed by atoms with van der Waals surface area (Å²) in [4.78, 5) is 12.2. The van der Waals surface area contributed by atoms with Crippen LogP contribution >= 0.6 is 0 Å². The largest absolute Gasteiger partial charge is 0.495 e. The highest BCUT2D eigenvalue weighted by Gasteiger charge is 2.36. The van der Waals surface area contributed by atoms with Crippen LogP contribution in [0.5, 0.6) is 5.75 Å². The molecular formula is C20H19F5N2O4S. The number of hydrogen-bond donors (Lipinski definition) is 1. The van der Waals surface area contributed by atoms with E-state index in [1.807, 2.05) is 0 Å². The van der Waals surface area contributed by atoms with Gasteiger partial charge in [0.15, 0.2) is 0 Å². The van der Waals surface area contributed by atoms with Crippen LogP contribution in [0, 0.1) is 17.6 Å². The summed E-state index contributed by atoms with van der Waals surface area (Å²) in [5, 5.41) is 2.28. The first-order valence-corrected chi connectivity index (χ1v) is 10.9. The van der Waals surface area contributed by atoms with Crippen molar-refractivity contribution >= 4 is 21.6 Å². The van der Waals surface area contributed by atoms with Crippen molar-refractivity contribution in [2.75, 3.05) is 25.5 Å². The molecule has 3 rings (SSSR count). The Kier molecular flexibility index (Phi) is 6.75. The number of carbonyl (C=O) groups excluding carboxylic acids is 1. The van der Waals surface area contributed by atoms with Crippen LogP contribution in [0.2, 0.25) is 0 Å². The molecule has 0 saturated carbocycles. The van der Waals surface area contributed by atoms with E-state index in [9.17, 15) is 35.2 Å². The van der Waals surface area contributed by atoms with Gasteiger partial charge in [-0.1, -0.05) is 0 Å². The topological polar surface area (TPSA) is 75.7 Å². The molecule has 0 unspecified atom stereocenters. The number of sulfonamides is 1. The van der Waals surface area contributed by atoms with Crippen LogP contribution in [0.25, 0.3) is 0 Å². The minimum atomic E-state index is -4.94. The van der Waals surface area contributed by atoms with E-state index in [0.717, 1.165) is 22.5 Å². The molecule has 1 heterocycles. The number of nitrogens with zero attached hydrogens (tertiary/aromatic N) is 1. The fraction of sp³-hybridized carbons (Fsp3) is 0.350. The van der Waals surface area contributed by atoms with Crippen LogP contribution in [0.3, 0.4) is 0 Å². The van der Waals surface area contributed by atoms with Crippen molar-refractivity contribution in [1.82, 2.24) is 4.31 Å². The molecule has 12 heteroatoms. The van der Waals surface area contributed by atoms with Crippen LogP contribution in [-0.2, 0) is 21.0 Å². The first-order chi connectivity index (χ1) is 14.9. The Bertz CT molecular complexity index is 1120. The number of rotatable bonds is 5. The zero-order chi connectivity index (χ0) is 23.7. The fourth-order valence-electron chi connectivity index (χ4n) is 3.43. The van der Waals surface area contributed by atoms with Crippen LogP contribution in [-0.4, -0.2) is 38.8 Å². The number of amides is 1. The summed E-state index contributed by atoms with van der Waals surface area (Å²) in [5.74, 6) is -3.92. The van der Waals surface area contributed by atoms with Gasteiger partial charge in [-0.15, -0.1) is 0 Å². The molecule has 1 fully saturated rings. The predicted molar refractivity (Wildman–Crippen MR) is 104 cm³/mol. The fourth-order valence-corrected chi connectivity index (χ4v) is 5.12. The normalized spacial score (nSPS) is 17.8. The Morgan fingerprint density at radius 2 is 1.88 bits per heavy atom. The third-order valence-electron chi connectivity index (χ3n) is 5.04. The summed E-state index contributed by atoms with van der Waals surface area (Å²) in [5.41, 5.74) is -1.79. The van der Waals surface area contributed by atoms with Crippen molar-refractivity contribution < 1.29 is 39.9 Å². The molecule has 1 atom stereocenters. The molecular weight excluding hydrogens is 459 g/mol. The van der Waals surface area contributed by atoms with Gasteiger partial charge in [0.2, 0.25) is 15.9 Å². The van der Waals surface area contributed by atoms with Crippen LogP contribution in [0.1, 0.15) is 18.4 Å². The molecule has 1 aliphatic heterocycles. The second-order valence-corrected chi connectivity index (χ2v) is 9.09. The van der Waals surface area contributed by atoms with E-state index in [1.54, 1.807) is 0 Å². The number of alkyl halides is 3. The molecule has 2 aromatic rings. The molecule has 0 radical (unpaired) electrons. The van der Waals surface area contributed by atoms with Gasteiger partial charge in [0.25, 0.3) is 0 Å². The van der Waals surface area contributed by atoms with Gasteiger partial charge >= 0.3 is 6.18 Å². The highest BCUT2D eigenvalue weighted by molar-refractivity contribution is 7.89. The number of hydrogen-bond acceptors (Lipinski definition) is 4. The molecule has 0 aromatic heterocycles. The third-order valence-corrected chi connectivity index (χ3v) is 6.92. The summed E-state index contributed by atoms with van der Waals surface area (Å²) >= 11 is 0. The van der Waals surface area contributed by atoms with E-state index in [2.05, 4.69) is 5.32 Å². The molecule has 0 aliphatic carbocycles. The van der Waals surface area contributed by atoms with E-state index in [-0.39, 0.29) is 30.9 Å². The van der Waals surface area contributed by atoms with E-state index < -0.39 is 50.1 Å². The second kappa shape index (κ2) is 9.02. The summed E-state index contributed by atoms with van der Waals surface area (Å²) in [6, 6.07) is 5.08. The zero-order valence-corrected chi connectivity index (χ0v) is 17.6. The Morgan fingerprint density at radius 1 is 1.16 bits per heavy atom. The number of nitrogens with one attached hydrogen (secondary N) is 1. The Hall–Kier alpha value is -2.73. The third kappa shape index (κ3) is 5.01. The Balaban J connectivity index is 1.79. The number of halogens is 5. The molecule has 174 valence electrons. The van der Waals surface area contributed by atoms with Crippen molar-refractivity contribution in [2.24, 2.45) is 5.92 Å². The van der Waals surface area contributed by atoms with Gasteiger partial charge in [0, 0.05) is 18.8 Å². The van der Waals surface area contributed by atoms with E-state index >= 15 is 0 Å². The molecule has 6 nitrogen and oxygen atoms in total. The first-order valence-electron chi connectivity index (χ1n) is 9.45. The van der Waals surface area contributed by atoms with Gasteiger partial charge in [-0.3, -0.25) is 4.79 Å². The van der Waals surface area contributed by atoms with E-state index in [4.69, 9.17) is 4.74 Å². The van der Waals surface area contributed by atoms with Gasteiger partial charge in [-0.25, -0.2) is 17.2 Å². The molecule has 1 saturated heterocycles. The Labute approximate surface area is 181 Å². The highest BCUT2D eigenvalue weighted by Crippen LogP contribution is 2.34. The highest BCUT2D eigenvalue weighted by atomic mass is 32.2. The van der Waals surface area contributed by atoms with Gasteiger partial charge < -0.3 is 10.1 Å². The molecule has 1 N–H and O–H groups in total. The number of methoxy groups -OCH3 is 1. The van der Waals surface area contributed by atoms with Crippen LogP contribution in [0.15, 0.2) is 41.3 Å². The lowest BCUT2D eigenvalue weighted by molar-refractivity contribution is -0.140. The average molecular weight is 478 g/mol. The standard InChI is InChI=1S/C20H19F5N2O4S/c1-31-17-7-4-13(21)9-18(17)32(29,30)27-8-2-3-12(11-27)19(28)26-14-5-6-16(22)15(10-14)20(23,24)25/h4-7,9-10,12H,2-3,8,11H2,1H3,(H,26,28)/t12-/m0/s1. The number of anilines is 1. The lowest BCUT2D eigenvalue weighted by atomic mass is 9.98. The quantitative estimate of drug-likeness (QED) is 0.659. The smallest absolute Gasteiger partial charge is 0.419 e. The maximum Gasteiger partial charge on any atom is 0.419 e. The van der Waals surface area contributed by atoms with Gasteiger partial charge in [0.05, 0.1) is 18.6 Å². The predicted octanol–water partition coefficient (Wildman–Crippen LogP) is 4.03. The SMILES string of the molecule is COc1ccc(F)cc1S(=O)(=O)N1CCC[C@H](C(=O)Nc2ccc(F)c(C(F)(F)F)c2)C1. The number of carbonyl (C=O) groups is 1. The van der Waals surface area contributed by atoms with Crippen LogP contribution in [0.4, 0.5) is 27.6 Å². The zero-order valence-electron chi connectivity index (χ0n) is 16.7. The monoisotopic (exact) mass is 478 g/mol. The lowest BCUT2D eigenvalue weighted by Gasteiger charge is -2.31. The van der Waals surface area contributed by atoms with Gasteiger partial charge in [-0.05, 0) is 49.2 Å². The van der Waals surface area contributed by atoms with Crippen LogP contribution < -0.4 is 10.1 Å². The van der Waals surface area contributed by atoms with E-state index in [0.29, 0.717) is 18.6 Å². The van der Waals surface area contributed by atoms with Crippen molar-refractivity contribution in [1.29, 1.82) is 0 Å². The second-order valence-electron chi connectivity index (χ2n) is 7.18. The molecule has 0 spiro atoms. The Morgan fingerprint density at radius 3 is 2.53 bits per heavy atom. The molecule has 2 aromatic carbocycles. The maximum absolute atomic E-state index is 13.7. The molecule has 32 heavy (non-hydrogen) atoms. The molecule has 0 bridgehead atoms. The maximum atomic E-state index is 13.7. The molecule has 1 amide bonds. The summed E-state index contributed by atoms with van der Waals surface area (Å²) in [6.07, 6.45) is -4.36. The molecule has 1 aliphatic rings. The van der Waals surface area contributed by atoms with Crippen molar-refractivity contribution in [2.45, 2.75) is 23.9 Å². The number of piperidine rings is 1. The average Bonchev–Trinajstić information content (AvgIpc) is 2.74. The minimum absolute atomic E-state index is 0.0658.